The van der Waals surface area contributed by atoms with Crippen molar-refractivity contribution in [2.75, 3.05) is 25.1 Å². The molecule has 2 aliphatic heterocycles. The molecule has 7 atom stereocenters. The number of aliphatic hydroxyl groups is 2. The zero-order chi connectivity index (χ0) is 24.6. The molecule has 1 aromatic carbocycles. The number of amides is 1. The fraction of sp³-hybridized carbons (Fsp3) is 0.500. The van der Waals surface area contributed by atoms with Gasteiger partial charge in [0.1, 0.15) is 31.2 Å². The summed E-state index contributed by atoms with van der Waals surface area (Å²) in [5, 5.41) is 27.4. The highest BCUT2D eigenvalue weighted by Crippen LogP contribution is 2.40. The number of fused-ring (bicyclic) bond motifs is 1. The molecule has 2 saturated heterocycles. The van der Waals surface area contributed by atoms with Gasteiger partial charge in [0, 0.05) is 18.6 Å². The zero-order valence-corrected chi connectivity index (χ0v) is 19.4. The maximum Gasteiger partial charge on any atom is 0.407 e. The van der Waals surface area contributed by atoms with Crippen molar-refractivity contribution in [3.05, 3.63) is 48.5 Å². The number of alkyl carbamates (subject to hydrolysis) is 1. The first-order valence-electron chi connectivity index (χ1n) is 12.1. The van der Waals surface area contributed by atoms with Crippen LogP contribution in [-0.2, 0) is 14.2 Å². The number of anilines is 1. The number of carbonyl (C=O) groups excluding carboxylic acids is 1. The number of rotatable bonds is 7. The second-order valence-corrected chi connectivity index (χ2v) is 9.40. The lowest BCUT2D eigenvalue weighted by atomic mass is 10.1. The molecule has 1 aliphatic carbocycles. The van der Waals surface area contributed by atoms with E-state index < -0.39 is 30.6 Å². The van der Waals surface area contributed by atoms with Gasteiger partial charge in [-0.25, -0.2) is 19.7 Å². The average molecular weight is 497 g/mol. The van der Waals surface area contributed by atoms with Crippen molar-refractivity contribution >= 4 is 23.1 Å². The molecule has 3 fully saturated rings. The fourth-order valence-corrected chi connectivity index (χ4v) is 4.86. The Labute approximate surface area is 206 Å². The van der Waals surface area contributed by atoms with Crippen molar-refractivity contribution in [3.8, 4) is 0 Å². The number of carbonyl (C=O) groups is 1. The monoisotopic (exact) mass is 496 g/mol. The van der Waals surface area contributed by atoms with Gasteiger partial charge in [-0.2, -0.15) is 0 Å². The van der Waals surface area contributed by atoms with Crippen LogP contribution < -0.4 is 10.6 Å². The zero-order valence-electron chi connectivity index (χ0n) is 19.4. The van der Waals surface area contributed by atoms with E-state index in [1.54, 1.807) is 4.57 Å². The summed E-state index contributed by atoms with van der Waals surface area (Å²) in [5.74, 6) is 0.836. The van der Waals surface area contributed by atoms with Crippen molar-refractivity contribution < 1.29 is 29.2 Å². The van der Waals surface area contributed by atoms with Crippen LogP contribution in [-0.4, -0.2) is 86.0 Å². The quantitative estimate of drug-likeness (QED) is 0.372. The number of aromatic nitrogens is 4. The maximum absolute atomic E-state index is 12.3. The molecule has 4 N–H and O–H groups in total. The van der Waals surface area contributed by atoms with Gasteiger partial charge >= 0.3 is 6.09 Å². The molecule has 0 spiro atoms. The molecule has 5 unspecified atom stereocenters. The second-order valence-electron chi connectivity index (χ2n) is 9.40. The molecule has 1 amide bonds. The highest BCUT2D eigenvalue weighted by molar-refractivity contribution is 5.82. The second kappa shape index (κ2) is 9.62. The minimum atomic E-state index is -1.26. The van der Waals surface area contributed by atoms with Gasteiger partial charge < -0.3 is 35.1 Å². The van der Waals surface area contributed by atoms with Gasteiger partial charge in [0.2, 0.25) is 0 Å². The first kappa shape index (κ1) is 23.1. The summed E-state index contributed by atoms with van der Waals surface area (Å²) in [6.07, 6.45) is -0.357. The highest BCUT2D eigenvalue weighted by Gasteiger charge is 2.45. The summed E-state index contributed by atoms with van der Waals surface area (Å²) in [4.78, 5) is 25.3. The summed E-state index contributed by atoms with van der Waals surface area (Å²) in [6, 6.07) is 10.1. The van der Waals surface area contributed by atoms with E-state index in [2.05, 4.69) is 25.6 Å². The van der Waals surface area contributed by atoms with Gasteiger partial charge in [0.25, 0.3) is 0 Å². The molecule has 2 aromatic heterocycles. The number of benzene rings is 1. The first-order valence-corrected chi connectivity index (χ1v) is 12.1. The van der Waals surface area contributed by atoms with Gasteiger partial charge in [-0.3, -0.25) is 4.57 Å². The molecule has 3 aromatic rings. The van der Waals surface area contributed by atoms with Gasteiger partial charge in [-0.05, 0) is 18.4 Å². The standard InChI is InChI=1S/C24H28N6O6/c31-19-17(10-35-24(33)29-16-8-15(16)13-4-2-1-3-5-13)36-23(20(19)32)30-12-27-18-21(25-11-26-22(18)30)28-14-6-7-34-9-14/h1-5,11-12,14-17,19-20,23,31-32H,6-10H2,(H,29,33)(H,25,26,28)/t14?,15?,16?,17-,19-,20?,23?/m1/s1. The lowest BCUT2D eigenvalue weighted by Crippen LogP contribution is -2.36. The summed E-state index contributed by atoms with van der Waals surface area (Å²) in [5.41, 5.74) is 2.14. The number of hydrogen-bond acceptors (Lipinski definition) is 10. The Morgan fingerprint density at radius 2 is 2.03 bits per heavy atom. The Kier molecular flexibility index (Phi) is 6.17. The maximum atomic E-state index is 12.3. The molecule has 0 radical (unpaired) electrons. The molecule has 0 bridgehead atoms. The molecule has 6 rings (SSSR count). The summed E-state index contributed by atoms with van der Waals surface area (Å²) < 4.78 is 18.2. The van der Waals surface area contributed by atoms with E-state index in [9.17, 15) is 15.0 Å². The lowest BCUT2D eigenvalue weighted by molar-refractivity contribution is -0.0533. The molecule has 190 valence electrons. The normalized spacial score (nSPS) is 31.4. The van der Waals surface area contributed by atoms with Crippen LogP contribution in [0.15, 0.2) is 43.0 Å². The van der Waals surface area contributed by atoms with Crippen LogP contribution in [0.1, 0.15) is 30.6 Å². The number of hydrogen-bond donors (Lipinski definition) is 4. The largest absolute Gasteiger partial charge is 0.447 e. The third-order valence-corrected chi connectivity index (χ3v) is 6.94. The first-order chi connectivity index (χ1) is 17.6. The van der Waals surface area contributed by atoms with Gasteiger partial charge in [-0.1, -0.05) is 30.3 Å². The average Bonchev–Trinajstić information content (AvgIpc) is 3.20. The number of nitrogens with one attached hydrogen (secondary N) is 2. The van der Waals surface area contributed by atoms with E-state index >= 15 is 0 Å². The van der Waals surface area contributed by atoms with Crippen LogP contribution in [0.5, 0.6) is 0 Å². The fourth-order valence-electron chi connectivity index (χ4n) is 4.86. The molecule has 3 aliphatic rings. The van der Waals surface area contributed by atoms with E-state index in [1.165, 1.54) is 18.2 Å². The van der Waals surface area contributed by atoms with Crippen molar-refractivity contribution in [1.29, 1.82) is 0 Å². The van der Waals surface area contributed by atoms with Crippen molar-refractivity contribution in [1.82, 2.24) is 24.8 Å². The van der Waals surface area contributed by atoms with E-state index in [-0.39, 0.29) is 24.6 Å². The predicted molar refractivity (Wildman–Crippen MR) is 126 cm³/mol. The van der Waals surface area contributed by atoms with Crippen LogP contribution >= 0.6 is 0 Å². The minimum Gasteiger partial charge on any atom is -0.447 e. The molecule has 12 heteroatoms. The third kappa shape index (κ3) is 4.48. The Bertz CT molecular complexity index is 1220. The molecule has 1 saturated carbocycles. The summed E-state index contributed by atoms with van der Waals surface area (Å²) in [6.45, 7) is 1.07. The molecular formula is C24H28N6O6. The van der Waals surface area contributed by atoms with Crippen LogP contribution in [0.4, 0.5) is 10.6 Å². The van der Waals surface area contributed by atoms with E-state index in [1.807, 2.05) is 30.3 Å². The molecular weight excluding hydrogens is 468 g/mol. The Hall–Kier alpha value is -3.32. The van der Waals surface area contributed by atoms with Crippen molar-refractivity contribution in [3.63, 3.8) is 0 Å². The Morgan fingerprint density at radius 3 is 2.83 bits per heavy atom. The highest BCUT2D eigenvalue weighted by atomic mass is 16.6. The Morgan fingerprint density at radius 1 is 1.17 bits per heavy atom. The molecule has 36 heavy (non-hydrogen) atoms. The van der Waals surface area contributed by atoms with Crippen LogP contribution in [0.3, 0.4) is 0 Å². The van der Waals surface area contributed by atoms with Crippen LogP contribution in [0, 0.1) is 0 Å². The van der Waals surface area contributed by atoms with Gasteiger partial charge in [0.15, 0.2) is 23.2 Å². The van der Waals surface area contributed by atoms with Crippen LogP contribution in [0.25, 0.3) is 11.2 Å². The number of nitrogens with zero attached hydrogens (tertiary/aromatic N) is 4. The van der Waals surface area contributed by atoms with Gasteiger partial charge in [-0.15, -0.1) is 0 Å². The van der Waals surface area contributed by atoms with Crippen molar-refractivity contribution in [2.45, 2.75) is 55.4 Å². The number of aliphatic hydroxyl groups excluding tert-OH is 2. The third-order valence-electron chi connectivity index (χ3n) is 6.94. The van der Waals surface area contributed by atoms with Crippen LogP contribution in [0.2, 0.25) is 0 Å². The smallest absolute Gasteiger partial charge is 0.407 e. The molecule has 4 heterocycles. The SMILES string of the molecule is O=C(NC1CC1c1ccccc1)OC[C@H]1OC(n2cnc3c(NC4CCOC4)ncnc32)C(O)[C@@H]1O. The van der Waals surface area contributed by atoms with E-state index in [0.717, 1.165) is 12.8 Å². The van der Waals surface area contributed by atoms with Crippen molar-refractivity contribution in [2.24, 2.45) is 0 Å². The lowest BCUT2D eigenvalue weighted by Gasteiger charge is -2.17. The Balaban J connectivity index is 1.07. The van der Waals surface area contributed by atoms with Gasteiger partial charge in [0.05, 0.1) is 19.0 Å². The van der Waals surface area contributed by atoms with E-state index in [4.69, 9.17) is 14.2 Å². The predicted octanol–water partition coefficient (Wildman–Crippen LogP) is 0.929. The number of ether oxygens (including phenoxy) is 3. The topological polar surface area (TPSA) is 153 Å². The minimum absolute atomic E-state index is 0.0169. The molecule has 12 nitrogen and oxygen atoms in total. The number of imidazole rings is 1. The summed E-state index contributed by atoms with van der Waals surface area (Å²) >= 11 is 0. The van der Waals surface area contributed by atoms with E-state index in [0.29, 0.717) is 30.2 Å². The summed E-state index contributed by atoms with van der Waals surface area (Å²) in [7, 11) is 0.